The van der Waals surface area contributed by atoms with Crippen LogP contribution in [0.25, 0.3) is 0 Å². The third-order valence-corrected chi connectivity index (χ3v) is 4.71. The molecule has 2 atom stereocenters. The Kier molecular flexibility index (Phi) is 5.53. The minimum absolute atomic E-state index is 0.0000914. The second-order valence-electron chi connectivity index (χ2n) is 6.53. The van der Waals surface area contributed by atoms with Crippen LogP contribution >= 0.6 is 0 Å². The fourth-order valence-electron chi connectivity index (χ4n) is 3.10. The molecule has 3 rings (SSSR count). The van der Waals surface area contributed by atoms with Gasteiger partial charge in [-0.25, -0.2) is 13.8 Å². The summed E-state index contributed by atoms with van der Waals surface area (Å²) < 4.78 is 28.4. The van der Waals surface area contributed by atoms with Gasteiger partial charge in [-0.15, -0.1) is 0 Å². The highest BCUT2D eigenvalue weighted by molar-refractivity contribution is 5.95. The van der Waals surface area contributed by atoms with Gasteiger partial charge in [0, 0.05) is 29.4 Å². The van der Waals surface area contributed by atoms with E-state index in [1.54, 1.807) is 13.8 Å². The van der Waals surface area contributed by atoms with Crippen molar-refractivity contribution in [2.24, 2.45) is 16.5 Å². The number of benzene rings is 2. The standard InChI is InChI=1S/C20H23F2N5/c1-11(17-15(21)4-3-5-16(17)22)18-12(2)19(24)27-20(26-18)25-14-8-6-13(10-23)7-9-14/h3-9,11,19H,10,23-24H2,1-2H3,(H2,25,26,27). The van der Waals surface area contributed by atoms with E-state index in [1.165, 1.54) is 18.2 Å². The lowest BCUT2D eigenvalue weighted by Gasteiger charge is -2.29. The van der Waals surface area contributed by atoms with Crippen LogP contribution in [0.2, 0.25) is 0 Å². The van der Waals surface area contributed by atoms with Crippen molar-refractivity contribution >= 4 is 11.6 Å². The summed E-state index contributed by atoms with van der Waals surface area (Å²) in [5.74, 6) is -1.31. The average molecular weight is 371 g/mol. The van der Waals surface area contributed by atoms with Crippen LogP contribution in [0.4, 0.5) is 14.5 Å². The summed E-state index contributed by atoms with van der Waals surface area (Å²) in [6.07, 6.45) is -0.607. The predicted octanol–water partition coefficient (Wildman–Crippen LogP) is 3.16. The Morgan fingerprint density at radius 2 is 1.78 bits per heavy atom. The first-order valence-corrected chi connectivity index (χ1v) is 8.71. The summed E-state index contributed by atoms with van der Waals surface area (Å²) in [4.78, 5) is 4.37. The molecule has 0 aliphatic carbocycles. The molecule has 0 saturated heterocycles. The van der Waals surface area contributed by atoms with E-state index in [-0.39, 0.29) is 5.56 Å². The van der Waals surface area contributed by atoms with E-state index < -0.39 is 23.7 Å². The molecule has 2 unspecified atom stereocenters. The fraction of sp³-hybridized carbons (Fsp3) is 0.250. The highest BCUT2D eigenvalue weighted by atomic mass is 19.1. The number of nitrogens with one attached hydrogen (secondary N) is 2. The third-order valence-electron chi connectivity index (χ3n) is 4.71. The molecule has 0 bridgehead atoms. The van der Waals surface area contributed by atoms with Crippen molar-refractivity contribution in [3.63, 3.8) is 0 Å². The van der Waals surface area contributed by atoms with Crippen molar-refractivity contribution in [3.8, 4) is 0 Å². The van der Waals surface area contributed by atoms with Crippen molar-refractivity contribution in [1.82, 2.24) is 5.32 Å². The van der Waals surface area contributed by atoms with Gasteiger partial charge in [0.15, 0.2) is 0 Å². The van der Waals surface area contributed by atoms with Crippen LogP contribution in [0.3, 0.4) is 0 Å². The molecule has 27 heavy (non-hydrogen) atoms. The summed E-state index contributed by atoms with van der Waals surface area (Å²) in [5, 5.41) is 6.29. The number of allylic oxidation sites excluding steroid dienone is 1. The monoisotopic (exact) mass is 371 g/mol. The second-order valence-corrected chi connectivity index (χ2v) is 6.53. The van der Waals surface area contributed by atoms with E-state index in [0.29, 0.717) is 18.2 Å². The number of hydrogen-bond acceptors (Lipinski definition) is 5. The highest BCUT2D eigenvalue weighted by Gasteiger charge is 2.26. The molecule has 5 nitrogen and oxygen atoms in total. The van der Waals surface area contributed by atoms with Crippen LogP contribution in [0.5, 0.6) is 0 Å². The van der Waals surface area contributed by atoms with Gasteiger partial charge in [0.25, 0.3) is 0 Å². The lowest BCUT2D eigenvalue weighted by atomic mass is 9.92. The Balaban J connectivity index is 1.85. The zero-order valence-electron chi connectivity index (χ0n) is 15.3. The first-order chi connectivity index (χ1) is 12.9. The lowest BCUT2D eigenvalue weighted by molar-refractivity contribution is 0.539. The fourth-order valence-corrected chi connectivity index (χ4v) is 3.10. The third kappa shape index (κ3) is 3.99. The molecule has 2 aromatic carbocycles. The lowest BCUT2D eigenvalue weighted by Crippen LogP contribution is -2.41. The van der Waals surface area contributed by atoms with E-state index in [0.717, 1.165) is 16.8 Å². The van der Waals surface area contributed by atoms with Gasteiger partial charge in [0.2, 0.25) is 5.96 Å². The summed E-state index contributed by atoms with van der Waals surface area (Å²) in [5.41, 5.74) is 14.9. The van der Waals surface area contributed by atoms with E-state index >= 15 is 0 Å². The molecule has 0 spiro atoms. The Labute approximate surface area is 157 Å². The SMILES string of the molecule is CC1=C(C(C)c2c(F)cccc2F)NC(Nc2ccc(CN)cc2)=NC1N. The van der Waals surface area contributed by atoms with Gasteiger partial charge in [-0.1, -0.05) is 25.1 Å². The van der Waals surface area contributed by atoms with Crippen LogP contribution < -0.4 is 22.1 Å². The molecule has 0 aromatic heterocycles. The first-order valence-electron chi connectivity index (χ1n) is 8.71. The molecule has 0 amide bonds. The van der Waals surface area contributed by atoms with Gasteiger partial charge in [-0.2, -0.15) is 0 Å². The number of halogens is 2. The topological polar surface area (TPSA) is 88.5 Å². The number of nitrogens with two attached hydrogens (primary N) is 2. The number of hydrogen-bond donors (Lipinski definition) is 4. The van der Waals surface area contributed by atoms with Crippen molar-refractivity contribution in [2.75, 3.05) is 5.32 Å². The van der Waals surface area contributed by atoms with E-state index in [9.17, 15) is 8.78 Å². The van der Waals surface area contributed by atoms with Crippen molar-refractivity contribution in [2.45, 2.75) is 32.5 Å². The quantitative estimate of drug-likeness (QED) is 0.665. The molecule has 0 fully saturated rings. The number of guanidine groups is 1. The van der Waals surface area contributed by atoms with Crippen LogP contribution in [0.15, 0.2) is 58.7 Å². The smallest absolute Gasteiger partial charge is 0.202 e. The van der Waals surface area contributed by atoms with E-state index in [2.05, 4.69) is 15.6 Å². The van der Waals surface area contributed by atoms with Gasteiger partial charge in [-0.05, 0) is 42.3 Å². The molecule has 1 heterocycles. The Bertz CT molecular complexity index is 869. The number of aliphatic imine (C=N–C) groups is 1. The maximum atomic E-state index is 14.2. The molecule has 142 valence electrons. The summed E-state index contributed by atoms with van der Waals surface area (Å²) >= 11 is 0. The van der Waals surface area contributed by atoms with Crippen LogP contribution in [-0.4, -0.2) is 12.1 Å². The zero-order chi connectivity index (χ0) is 19.6. The van der Waals surface area contributed by atoms with Gasteiger partial charge >= 0.3 is 0 Å². The minimum atomic E-state index is -0.607. The number of rotatable bonds is 4. The second kappa shape index (κ2) is 7.85. The zero-order valence-corrected chi connectivity index (χ0v) is 15.3. The van der Waals surface area contributed by atoms with E-state index in [1.807, 2.05) is 24.3 Å². The van der Waals surface area contributed by atoms with Gasteiger partial charge in [-0.3, -0.25) is 0 Å². The predicted molar refractivity (Wildman–Crippen MR) is 104 cm³/mol. The maximum Gasteiger partial charge on any atom is 0.202 e. The highest BCUT2D eigenvalue weighted by Crippen LogP contribution is 2.31. The molecule has 0 radical (unpaired) electrons. The summed E-state index contributed by atoms with van der Waals surface area (Å²) in [7, 11) is 0. The van der Waals surface area contributed by atoms with Crippen molar-refractivity contribution < 1.29 is 8.78 Å². The number of nitrogens with zero attached hydrogens (tertiary/aromatic N) is 1. The summed E-state index contributed by atoms with van der Waals surface area (Å²) in [6.45, 7) is 4.00. The first kappa shape index (κ1) is 19.0. The van der Waals surface area contributed by atoms with Gasteiger partial charge in [0.1, 0.15) is 17.8 Å². The number of anilines is 1. The van der Waals surface area contributed by atoms with E-state index in [4.69, 9.17) is 11.5 Å². The molecule has 6 N–H and O–H groups in total. The largest absolute Gasteiger partial charge is 0.329 e. The molecular formula is C20H23F2N5. The van der Waals surface area contributed by atoms with Crippen LogP contribution in [-0.2, 0) is 6.54 Å². The van der Waals surface area contributed by atoms with Gasteiger partial charge < -0.3 is 22.1 Å². The molecule has 1 aliphatic rings. The Morgan fingerprint density at radius 3 is 2.37 bits per heavy atom. The van der Waals surface area contributed by atoms with Crippen LogP contribution in [0.1, 0.15) is 30.9 Å². The molecule has 7 heteroatoms. The average Bonchev–Trinajstić information content (AvgIpc) is 2.65. The Hall–Kier alpha value is -2.77. The van der Waals surface area contributed by atoms with Crippen molar-refractivity contribution in [3.05, 3.63) is 76.5 Å². The van der Waals surface area contributed by atoms with Crippen molar-refractivity contribution in [1.29, 1.82) is 0 Å². The molecular weight excluding hydrogens is 348 g/mol. The van der Waals surface area contributed by atoms with Crippen LogP contribution in [0, 0.1) is 11.6 Å². The Morgan fingerprint density at radius 1 is 1.15 bits per heavy atom. The molecule has 2 aromatic rings. The maximum absolute atomic E-state index is 14.2. The van der Waals surface area contributed by atoms with Gasteiger partial charge in [0.05, 0.1) is 0 Å². The summed E-state index contributed by atoms with van der Waals surface area (Å²) in [6, 6.07) is 11.4. The molecule has 1 aliphatic heterocycles. The molecule has 0 saturated carbocycles. The minimum Gasteiger partial charge on any atom is -0.329 e. The normalized spacial score (nSPS) is 18.0.